The molecule has 1 fully saturated rings. The van der Waals surface area contributed by atoms with E-state index in [-0.39, 0.29) is 0 Å². The molecule has 0 aromatic carbocycles. The van der Waals surface area contributed by atoms with E-state index in [2.05, 4.69) is 29.9 Å². The smallest absolute Gasteiger partial charge is 0.0509 e. The van der Waals surface area contributed by atoms with Gasteiger partial charge in [0.25, 0.3) is 0 Å². The number of anilines is 1. The van der Waals surface area contributed by atoms with Gasteiger partial charge in [-0.25, -0.2) is 0 Å². The van der Waals surface area contributed by atoms with Crippen LogP contribution in [0.1, 0.15) is 43.9 Å². The molecular weight excluding hydrogens is 244 g/mol. The lowest BCUT2D eigenvalue weighted by atomic mass is 9.86. The largest absolute Gasteiger partial charge is 0.371 e. The summed E-state index contributed by atoms with van der Waals surface area (Å²) in [6.45, 7) is 4.40. The molecule has 1 aromatic rings. The third-order valence-electron chi connectivity index (χ3n) is 4.16. The minimum atomic E-state index is 0.538. The predicted octanol–water partition coefficient (Wildman–Crippen LogP) is 4.14. The molecule has 2 nitrogen and oxygen atoms in total. The van der Waals surface area contributed by atoms with Gasteiger partial charge in [-0.2, -0.15) is 0 Å². The van der Waals surface area contributed by atoms with Crippen LogP contribution < -0.4 is 4.90 Å². The Bertz CT molecular complexity index is 397. The Morgan fingerprint density at radius 2 is 2.00 bits per heavy atom. The van der Waals surface area contributed by atoms with E-state index in [1.165, 1.54) is 31.4 Å². The molecule has 0 amide bonds. The third kappa shape index (κ3) is 2.97. The number of halogens is 1. The van der Waals surface area contributed by atoms with Crippen LogP contribution in [0.4, 0.5) is 5.69 Å². The average molecular weight is 267 g/mol. The van der Waals surface area contributed by atoms with Gasteiger partial charge in [0.2, 0.25) is 0 Å². The first-order valence-electron chi connectivity index (χ1n) is 6.86. The Hall–Kier alpha value is -0.760. The Morgan fingerprint density at radius 1 is 1.33 bits per heavy atom. The van der Waals surface area contributed by atoms with E-state index in [4.69, 9.17) is 11.6 Å². The zero-order valence-electron chi connectivity index (χ0n) is 11.6. The first-order chi connectivity index (χ1) is 8.61. The molecule has 1 aliphatic carbocycles. The Balaban J connectivity index is 2.17. The lowest BCUT2D eigenvalue weighted by Gasteiger charge is -2.36. The predicted molar refractivity (Wildman–Crippen MR) is 78.4 cm³/mol. The summed E-state index contributed by atoms with van der Waals surface area (Å²) in [5.74, 6) is 1.43. The fourth-order valence-electron chi connectivity index (χ4n) is 2.83. The summed E-state index contributed by atoms with van der Waals surface area (Å²) in [6.07, 6.45) is 7.19. The van der Waals surface area contributed by atoms with Crippen LogP contribution in [0.2, 0.25) is 0 Å². The Kier molecular flexibility index (Phi) is 4.50. The molecule has 1 heterocycles. The van der Waals surface area contributed by atoms with E-state index in [0.717, 1.165) is 17.2 Å². The molecule has 100 valence electrons. The fourth-order valence-corrected chi connectivity index (χ4v) is 3.04. The van der Waals surface area contributed by atoms with E-state index < -0.39 is 0 Å². The number of pyridine rings is 1. The number of rotatable bonds is 3. The van der Waals surface area contributed by atoms with Crippen molar-refractivity contribution < 1.29 is 0 Å². The van der Waals surface area contributed by atoms with Crippen molar-refractivity contribution in [3.05, 3.63) is 23.5 Å². The van der Waals surface area contributed by atoms with Gasteiger partial charge in [-0.05, 0) is 44.6 Å². The van der Waals surface area contributed by atoms with E-state index in [9.17, 15) is 0 Å². The molecular formula is C15H23ClN2. The molecule has 0 unspecified atom stereocenters. The van der Waals surface area contributed by atoms with Gasteiger partial charge < -0.3 is 4.90 Å². The summed E-state index contributed by atoms with van der Waals surface area (Å²) in [7, 11) is 2.20. The van der Waals surface area contributed by atoms with Gasteiger partial charge in [-0.3, -0.25) is 4.98 Å². The molecule has 0 saturated heterocycles. The number of hydrogen-bond donors (Lipinski definition) is 0. The van der Waals surface area contributed by atoms with Crippen LogP contribution >= 0.6 is 11.6 Å². The monoisotopic (exact) mass is 266 g/mol. The average Bonchev–Trinajstić information content (AvgIpc) is 2.39. The van der Waals surface area contributed by atoms with Crippen LogP contribution in [-0.4, -0.2) is 18.1 Å². The van der Waals surface area contributed by atoms with Crippen LogP contribution in [0.3, 0.4) is 0 Å². The lowest BCUT2D eigenvalue weighted by molar-refractivity contribution is 0.340. The summed E-state index contributed by atoms with van der Waals surface area (Å²) in [4.78, 5) is 6.75. The van der Waals surface area contributed by atoms with Crippen molar-refractivity contribution in [1.29, 1.82) is 0 Å². The van der Waals surface area contributed by atoms with Crippen molar-refractivity contribution in [2.45, 2.75) is 51.5 Å². The van der Waals surface area contributed by atoms with Crippen LogP contribution in [0, 0.1) is 12.8 Å². The summed E-state index contributed by atoms with van der Waals surface area (Å²) in [6, 6.07) is 2.82. The highest BCUT2D eigenvalue weighted by molar-refractivity contribution is 6.17. The molecule has 2 rings (SSSR count). The minimum Gasteiger partial charge on any atom is -0.371 e. The molecule has 0 spiro atoms. The molecule has 0 N–H and O–H groups in total. The van der Waals surface area contributed by atoms with Crippen molar-refractivity contribution in [3.63, 3.8) is 0 Å². The van der Waals surface area contributed by atoms with Gasteiger partial charge in [0.05, 0.1) is 5.88 Å². The summed E-state index contributed by atoms with van der Waals surface area (Å²) in [5, 5.41) is 0. The highest BCUT2D eigenvalue weighted by Crippen LogP contribution is 2.31. The maximum Gasteiger partial charge on any atom is 0.0509 e. The molecule has 0 aliphatic heterocycles. The minimum absolute atomic E-state index is 0.538. The van der Waals surface area contributed by atoms with Crippen LogP contribution in [-0.2, 0) is 5.88 Å². The van der Waals surface area contributed by atoms with E-state index in [1.54, 1.807) is 0 Å². The Labute approximate surface area is 115 Å². The zero-order chi connectivity index (χ0) is 13.1. The maximum absolute atomic E-state index is 6.02. The first-order valence-corrected chi connectivity index (χ1v) is 7.39. The van der Waals surface area contributed by atoms with Crippen LogP contribution in [0.15, 0.2) is 12.3 Å². The van der Waals surface area contributed by atoms with Crippen LogP contribution in [0.5, 0.6) is 0 Å². The second-order valence-corrected chi connectivity index (χ2v) is 5.88. The molecule has 3 heteroatoms. The topological polar surface area (TPSA) is 16.1 Å². The highest BCUT2D eigenvalue weighted by atomic mass is 35.5. The lowest BCUT2D eigenvalue weighted by Crippen LogP contribution is -2.35. The zero-order valence-corrected chi connectivity index (χ0v) is 12.4. The van der Waals surface area contributed by atoms with Crippen molar-refractivity contribution in [2.75, 3.05) is 11.9 Å². The molecule has 0 bridgehead atoms. The van der Waals surface area contributed by atoms with Crippen LogP contribution in [0.25, 0.3) is 0 Å². The van der Waals surface area contributed by atoms with Gasteiger partial charge in [0, 0.05) is 36.2 Å². The summed E-state index contributed by atoms with van der Waals surface area (Å²) >= 11 is 6.02. The molecule has 0 radical (unpaired) electrons. The molecule has 1 aliphatic rings. The van der Waals surface area contributed by atoms with Crippen molar-refractivity contribution in [1.82, 2.24) is 4.98 Å². The number of alkyl halides is 1. The normalized spacial score (nSPS) is 24.0. The molecule has 1 saturated carbocycles. The van der Waals surface area contributed by atoms with Gasteiger partial charge in [0.1, 0.15) is 0 Å². The quantitative estimate of drug-likeness (QED) is 0.765. The van der Waals surface area contributed by atoms with Gasteiger partial charge in [-0.1, -0.05) is 6.92 Å². The third-order valence-corrected chi connectivity index (χ3v) is 4.44. The van der Waals surface area contributed by atoms with Crippen molar-refractivity contribution in [3.8, 4) is 0 Å². The number of nitrogens with zero attached hydrogens (tertiary/aromatic N) is 2. The molecule has 1 aromatic heterocycles. The summed E-state index contributed by atoms with van der Waals surface area (Å²) < 4.78 is 0. The van der Waals surface area contributed by atoms with E-state index >= 15 is 0 Å². The highest BCUT2D eigenvalue weighted by Gasteiger charge is 2.23. The Morgan fingerprint density at radius 3 is 2.61 bits per heavy atom. The van der Waals surface area contributed by atoms with E-state index in [1.807, 2.05) is 13.1 Å². The molecule has 0 atom stereocenters. The number of aromatic nitrogens is 1. The fraction of sp³-hybridized carbons (Fsp3) is 0.667. The second kappa shape index (κ2) is 5.92. The standard InChI is InChI=1S/C15H23ClN2/c1-11-4-6-14(7-5-11)18(3)15-8-12(2)17-10-13(15)9-16/h8,10-11,14H,4-7,9H2,1-3H3. The van der Waals surface area contributed by atoms with E-state index in [0.29, 0.717) is 11.9 Å². The van der Waals surface area contributed by atoms with Gasteiger partial charge in [-0.15, -0.1) is 11.6 Å². The number of aryl methyl sites for hydroxylation is 1. The maximum atomic E-state index is 6.02. The second-order valence-electron chi connectivity index (χ2n) is 5.61. The number of hydrogen-bond acceptors (Lipinski definition) is 2. The van der Waals surface area contributed by atoms with Gasteiger partial charge in [0.15, 0.2) is 0 Å². The molecule has 18 heavy (non-hydrogen) atoms. The summed E-state index contributed by atoms with van der Waals surface area (Å²) in [5.41, 5.74) is 3.47. The first kappa shape index (κ1) is 13.7. The van der Waals surface area contributed by atoms with Crippen molar-refractivity contribution >= 4 is 17.3 Å². The van der Waals surface area contributed by atoms with Crippen molar-refractivity contribution in [2.24, 2.45) is 5.92 Å². The SMILES string of the molecule is Cc1cc(N(C)C2CCC(C)CC2)c(CCl)cn1. The van der Waals surface area contributed by atoms with Gasteiger partial charge >= 0.3 is 0 Å².